The van der Waals surface area contributed by atoms with Gasteiger partial charge >= 0.3 is 18.0 Å². The molecule has 5 amide bonds. The van der Waals surface area contributed by atoms with Crippen LogP contribution in [0.25, 0.3) is 0 Å². The van der Waals surface area contributed by atoms with Gasteiger partial charge in [-0.15, -0.1) is 0 Å². The van der Waals surface area contributed by atoms with Crippen LogP contribution in [0, 0.1) is 0 Å². The van der Waals surface area contributed by atoms with E-state index >= 15 is 0 Å². The van der Waals surface area contributed by atoms with E-state index in [0.717, 1.165) is 5.56 Å². The van der Waals surface area contributed by atoms with E-state index in [1.165, 1.54) is 19.1 Å². The Hall–Kier alpha value is -3.10. The summed E-state index contributed by atoms with van der Waals surface area (Å²) in [6.07, 6.45) is -1.12. The molecule has 1 aromatic rings. The van der Waals surface area contributed by atoms with Gasteiger partial charge in [-0.25, -0.2) is 14.4 Å². The Morgan fingerprint density at radius 2 is 1.59 bits per heavy atom. The highest BCUT2D eigenvalue weighted by molar-refractivity contribution is 5.98. The highest BCUT2D eigenvalue weighted by Gasteiger charge is 2.20. The number of benzene rings is 1. The highest BCUT2D eigenvalue weighted by atomic mass is 16.5. The maximum atomic E-state index is 12.1. The van der Waals surface area contributed by atoms with Crippen LogP contribution in [0.2, 0.25) is 0 Å². The zero-order valence-corrected chi connectivity index (χ0v) is 15.9. The second kappa shape index (κ2) is 10.8. The minimum absolute atomic E-state index is 0.0365. The molecule has 0 aliphatic heterocycles. The third-order valence-electron chi connectivity index (χ3n) is 3.29. The average Bonchev–Trinajstić information content (AvgIpc) is 2.59. The van der Waals surface area contributed by atoms with Crippen molar-refractivity contribution in [2.24, 2.45) is 0 Å². The Labute approximate surface area is 158 Å². The molecular weight excluding hydrogens is 352 g/mol. The third-order valence-corrected chi connectivity index (χ3v) is 3.29. The summed E-state index contributed by atoms with van der Waals surface area (Å²) < 4.78 is 5.05. The number of amides is 5. The number of imide groups is 1. The first kappa shape index (κ1) is 21.9. The lowest BCUT2D eigenvalue weighted by molar-refractivity contribution is -0.127. The van der Waals surface area contributed by atoms with Crippen LogP contribution in [0.1, 0.15) is 43.6 Å². The quantitative estimate of drug-likeness (QED) is 0.532. The fraction of sp³-hybridized carbons (Fsp3) is 0.444. The van der Waals surface area contributed by atoms with Crippen molar-refractivity contribution in [1.29, 1.82) is 0 Å². The van der Waals surface area contributed by atoms with Crippen molar-refractivity contribution < 1.29 is 23.9 Å². The van der Waals surface area contributed by atoms with Gasteiger partial charge in [-0.3, -0.25) is 10.1 Å². The van der Waals surface area contributed by atoms with E-state index in [9.17, 15) is 19.2 Å². The molecule has 0 heterocycles. The number of nitrogens with one attached hydrogen (secondary N) is 4. The normalized spacial score (nSPS) is 11.3. The standard InChI is InChI=1S/C18H26N4O5/c1-5-19-17(25)22-15(23)12(4)27-16(24)14-8-6-13(7-9-14)10-20-18(26)21-11(2)3/h6-9,11-12H,5,10H2,1-4H3,(H2,20,21,26)(H2,19,22,23,25)/t12-/m1/s1. The molecule has 148 valence electrons. The number of esters is 1. The molecule has 4 N–H and O–H groups in total. The van der Waals surface area contributed by atoms with E-state index in [1.807, 2.05) is 13.8 Å². The summed E-state index contributed by atoms with van der Waals surface area (Å²) in [6.45, 7) is 7.48. The summed E-state index contributed by atoms with van der Waals surface area (Å²) in [5.74, 6) is -1.41. The molecule has 0 spiro atoms. The van der Waals surface area contributed by atoms with E-state index in [4.69, 9.17) is 4.74 Å². The molecule has 0 radical (unpaired) electrons. The molecule has 9 nitrogen and oxygen atoms in total. The van der Waals surface area contributed by atoms with E-state index < -0.39 is 24.0 Å². The van der Waals surface area contributed by atoms with Gasteiger partial charge in [0.1, 0.15) is 0 Å². The summed E-state index contributed by atoms with van der Waals surface area (Å²) in [6, 6.07) is 5.53. The summed E-state index contributed by atoms with van der Waals surface area (Å²) in [4.78, 5) is 46.7. The second-order valence-electron chi connectivity index (χ2n) is 6.07. The van der Waals surface area contributed by atoms with Gasteiger partial charge in [0.2, 0.25) is 0 Å². The minimum atomic E-state index is -1.12. The van der Waals surface area contributed by atoms with E-state index in [1.54, 1.807) is 19.1 Å². The van der Waals surface area contributed by atoms with E-state index in [2.05, 4.69) is 21.3 Å². The van der Waals surface area contributed by atoms with Crippen molar-refractivity contribution in [3.63, 3.8) is 0 Å². The lowest BCUT2D eigenvalue weighted by Crippen LogP contribution is -2.44. The van der Waals surface area contributed by atoms with Crippen LogP contribution >= 0.6 is 0 Å². The van der Waals surface area contributed by atoms with Gasteiger partial charge in [-0.05, 0) is 45.4 Å². The second-order valence-corrected chi connectivity index (χ2v) is 6.07. The van der Waals surface area contributed by atoms with Gasteiger partial charge < -0.3 is 20.7 Å². The van der Waals surface area contributed by atoms with Crippen LogP contribution in [-0.2, 0) is 16.1 Å². The number of ether oxygens (including phenoxy) is 1. The molecule has 9 heteroatoms. The molecule has 0 saturated heterocycles. The van der Waals surface area contributed by atoms with E-state index in [0.29, 0.717) is 13.1 Å². The molecule has 0 fully saturated rings. The minimum Gasteiger partial charge on any atom is -0.449 e. The van der Waals surface area contributed by atoms with Crippen molar-refractivity contribution in [2.45, 2.75) is 46.4 Å². The lowest BCUT2D eigenvalue weighted by atomic mass is 10.1. The molecule has 27 heavy (non-hydrogen) atoms. The Morgan fingerprint density at radius 3 is 2.15 bits per heavy atom. The smallest absolute Gasteiger partial charge is 0.338 e. The Balaban J connectivity index is 2.52. The first-order valence-electron chi connectivity index (χ1n) is 8.65. The van der Waals surface area contributed by atoms with Crippen molar-refractivity contribution in [3.8, 4) is 0 Å². The SMILES string of the molecule is CCNC(=O)NC(=O)[C@@H](C)OC(=O)c1ccc(CNC(=O)NC(C)C)cc1. The first-order valence-corrected chi connectivity index (χ1v) is 8.65. The van der Waals surface area contributed by atoms with Crippen LogP contribution in [-0.4, -0.2) is 42.6 Å². The summed E-state index contributed by atoms with van der Waals surface area (Å²) in [5.41, 5.74) is 1.05. The molecule has 1 aromatic carbocycles. The Bertz CT molecular complexity index is 673. The van der Waals surface area contributed by atoms with Crippen molar-refractivity contribution in [2.75, 3.05) is 6.54 Å². The van der Waals surface area contributed by atoms with Crippen LogP contribution < -0.4 is 21.3 Å². The molecule has 0 saturated carbocycles. The third kappa shape index (κ3) is 8.21. The van der Waals surface area contributed by atoms with Crippen LogP contribution in [0.4, 0.5) is 9.59 Å². The topological polar surface area (TPSA) is 126 Å². The van der Waals surface area contributed by atoms with Gasteiger partial charge in [-0.1, -0.05) is 12.1 Å². The number of hydrogen-bond acceptors (Lipinski definition) is 5. The number of urea groups is 2. The molecule has 0 unspecified atom stereocenters. The van der Waals surface area contributed by atoms with Crippen molar-refractivity contribution >= 4 is 23.9 Å². The molecular formula is C18H26N4O5. The maximum absolute atomic E-state index is 12.1. The predicted molar refractivity (Wildman–Crippen MR) is 99.0 cm³/mol. The highest BCUT2D eigenvalue weighted by Crippen LogP contribution is 2.08. The maximum Gasteiger partial charge on any atom is 0.338 e. The fourth-order valence-electron chi connectivity index (χ4n) is 1.95. The zero-order valence-electron chi connectivity index (χ0n) is 15.9. The lowest BCUT2D eigenvalue weighted by Gasteiger charge is -2.13. The molecule has 0 aliphatic rings. The van der Waals surface area contributed by atoms with Crippen molar-refractivity contribution in [3.05, 3.63) is 35.4 Å². The van der Waals surface area contributed by atoms with Crippen LogP contribution in [0.3, 0.4) is 0 Å². The van der Waals surface area contributed by atoms with Gasteiger partial charge in [0, 0.05) is 19.1 Å². The molecule has 1 rings (SSSR count). The predicted octanol–water partition coefficient (Wildman–Crippen LogP) is 1.29. The average molecular weight is 378 g/mol. The first-order chi connectivity index (χ1) is 12.7. The monoisotopic (exact) mass is 378 g/mol. The summed E-state index contributed by atoms with van der Waals surface area (Å²) >= 11 is 0. The summed E-state index contributed by atoms with van der Waals surface area (Å²) in [5, 5.41) is 9.89. The number of carbonyl (C=O) groups is 4. The van der Waals surface area contributed by atoms with Crippen LogP contribution in [0.15, 0.2) is 24.3 Å². The van der Waals surface area contributed by atoms with Gasteiger partial charge in [0.05, 0.1) is 5.56 Å². The molecule has 0 bridgehead atoms. The van der Waals surface area contributed by atoms with E-state index in [-0.39, 0.29) is 17.6 Å². The van der Waals surface area contributed by atoms with Crippen LogP contribution in [0.5, 0.6) is 0 Å². The van der Waals surface area contributed by atoms with Gasteiger partial charge in [0.15, 0.2) is 6.10 Å². The Morgan fingerprint density at radius 1 is 0.963 bits per heavy atom. The number of rotatable bonds is 7. The summed E-state index contributed by atoms with van der Waals surface area (Å²) in [7, 11) is 0. The number of hydrogen-bond donors (Lipinski definition) is 4. The molecule has 1 atom stereocenters. The number of carbonyl (C=O) groups excluding carboxylic acids is 4. The van der Waals surface area contributed by atoms with Gasteiger partial charge in [0.25, 0.3) is 5.91 Å². The van der Waals surface area contributed by atoms with Gasteiger partial charge in [-0.2, -0.15) is 0 Å². The largest absolute Gasteiger partial charge is 0.449 e. The Kier molecular flexibility index (Phi) is 8.77. The fourth-order valence-corrected chi connectivity index (χ4v) is 1.95. The molecule has 0 aliphatic carbocycles. The van der Waals surface area contributed by atoms with Crippen molar-refractivity contribution in [1.82, 2.24) is 21.3 Å². The molecule has 0 aromatic heterocycles. The zero-order chi connectivity index (χ0) is 20.4.